The number of rotatable bonds is 3. The Morgan fingerprint density at radius 1 is 1.25 bits per heavy atom. The summed E-state index contributed by atoms with van der Waals surface area (Å²) in [7, 11) is 4.53. The van der Waals surface area contributed by atoms with Crippen molar-refractivity contribution in [1.29, 1.82) is 0 Å². The Morgan fingerprint density at radius 3 is 2.35 bits per heavy atom. The third-order valence-corrected chi connectivity index (χ3v) is 3.72. The second-order valence-electron chi connectivity index (χ2n) is 4.55. The molecule has 0 aliphatic carbocycles. The molecule has 0 spiro atoms. The van der Waals surface area contributed by atoms with Gasteiger partial charge in [0.2, 0.25) is 0 Å². The highest BCUT2D eigenvalue weighted by molar-refractivity contribution is 6.30. The highest BCUT2D eigenvalue weighted by atomic mass is 35.5. The molecule has 1 saturated heterocycles. The van der Waals surface area contributed by atoms with E-state index in [0.717, 1.165) is 18.4 Å². The smallest absolute Gasteiger partial charge is 0.410 e. The van der Waals surface area contributed by atoms with Gasteiger partial charge in [0.05, 0.1) is 32.9 Å². The average Bonchev–Trinajstić information content (AvgIpc) is 2.94. The lowest BCUT2D eigenvalue weighted by Crippen LogP contribution is -2.30. The van der Waals surface area contributed by atoms with Gasteiger partial charge in [-0.15, -0.1) is 0 Å². The summed E-state index contributed by atoms with van der Waals surface area (Å²) in [5.74, 6) is 1.24. The van der Waals surface area contributed by atoms with Gasteiger partial charge in [-0.1, -0.05) is 11.6 Å². The molecule has 6 heteroatoms. The van der Waals surface area contributed by atoms with E-state index in [9.17, 15) is 4.79 Å². The molecule has 1 heterocycles. The standard InChI is InChI=1S/C14H18ClNO4/c1-18-11-7-9(15)8-12(19-2)13(11)10-5-4-6-16(10)14(17)20-3/h7-8,10H,4-6H2,1-3H3. The van der Waals surface area contributed by atoms with Gasteiger partial charge in [0.1, 0.15) is 11.5 Å². The van der Waals surface area contributed by atoms with Crippen LogP contribution in [0.2, 0.25) is 5.02 Å². The van der Waals surface area contributed by atoms with Crippen LogP contribution in [-0.2, 0) is 4.74 Å². The zero-order chi connectivity index (χ0) is 14.7. The van der Waals surface area contributed by atoms with E-state index in [1.165, 1.54) is 7.11 Å². The fraction of sp³-hybridized carbons (Fsp3) is 0.500. The normalized spacial score (nSPS) is 18.0. The van der Waals surface area contributed by atoms with Crippen LogP contribution in [0, 0.1) is 0 Å². The van der Waals surface area contributed by atoms with E-state index in [-0.39, 0.29) is 12.1 Å². The summed E-state index contributed by atoms with van der Waals surface area (Å²) in [5, 5.41) is 0.532. The Labute approximate surface area is 123 Å². The number of carbonyl (C=O) groups is 1. The largest absolute Gasteiger partial charge is 0.496 e. The molecule has 1 aromatic carbocycles. The Bertz CT molecular complexity index is 481. The molecule has 5 nitrogen and oxygen atoms in total. The fourth-order valence-electron chi connectivity index (χ4n) is 2.64. The van der Waals surface area contributed by atoms with Gasteiger partial charge in [0, 0.05) is 11.6 Å². The molecular formula is C14H18ClNO4. The topological polar surface area (TPSA) is 48.0 Å². The molecule has 0 bridgehead atoms. The molecule has 1 amide bonds. The van der Waals surface area contributed by atoms with Crippen molar-refractivity contribution in [1.82, 2.24) is 4.90 Å². The van der Waals surface area contributed by atoms with Gasteiger partial charge in [-0.2, -0.15) is 0 Å². The molecule has 1 fully saturated rings. The highest BCUT2D eigenvalue weighted by Gasteiger charge is 2.34. The first-order valence-electron chi connectivity index (χ1n) is 6.38. The maximum absolute atomic E-state index is 11.9. The summed E-state index contributed by atoms with van der Waals surface area (Å²) in [6.45, 7) is 0.659. The van der Waals surface area contributed by atoms with Gasteiger partial charge in [-0.25, -0.2) is 4.79 Å². The third-order valence-electron chi connectivity index (χ3n) is 3.50. The minimum Gasteiger partial charge on any atom is -0.496 e. The summed E-state index contributed by atoms with van der Waals surface area (Å²) in [6, 6.07) is 3.34. The van der Waals surface area contributed by atoms with Gasteiger partial charge in [-0.3, -0.25) is 0 Å². The summed E-state index contributed by atoms with van der Waals surface area (Å²) < 4.78 is 15.6. The number of nitrogens with zero attached hydrogens (tertiary/aromatic N) is 1. The van der Waals surface area contributed by atoms with E-state index in [2.05, 4.69) is 0 Å². The number of halogens is 1. The van der Waals surface area contributed by atoms with Crippen LogP contribution in [0.15, 0.2) is 12.1 Å². The molecule has 0 aromatic heterocycles. The molecule has 0 N–H and O–H groups in total. The van der Waals surface area contributed by atoms with Gasteiger partial charge < -0.3 is 19.1 Å². The van der Waals surface area contributed by atoms with Gasteiger partial charge in [0.25, 0.3) is 0 Å². The van der Waals surface area contributed by atoms with Crippen LogP contribution in [0.3, 0.4) is 0 Å². The third kappa shape index (κ3) is 2.63. The van der Waals surface area contributed by atoms with Crippen molar-refractivity contribution in [3.63, 3.8) is 0 Å². The Morgan fingerprint density at radius 2 is 1.85 bits per heavy atom. The minimum absolute atomic E-state index is 0.121. The summed E-state index contributed by atoms with van der Waals surface area (Å²) in [5.41, 5.74) is 0.835. The van der Waals surface area contributed by atoms with Crippen LogP contribution in [0.5, 0.6) is 11.5 Å². The highest BCUT2D eigenvalue weighted by Crippen LogP contribution is 2.44. The van der Waals surface area contributed by atoms with Crippen LogP contribution < -0.4 is 9.47 Å². The second-order valence-corrected chi connectivity index (χ2v) is 4.98. The monoisotopic (exact) mass is 299 g/mol. The number of methoxy groups -OCH3 is 3. The van der Waals surface area contributed by atoms with E-state index in [4.69, 9.17) is 25.8 Å². The summed E-state index contributed by atoms with van der Waals surface area (Å²) in [6.07, 6.45) is 1.41. The van der Waals surface area contributed by atoms with Gasteiger partial charge >= 0.3 is 6.09 Å². The molecule has 1 aliphatic rings. The van der Waals surface area contributed by atoms with E-state index in [1.54, 1.807) is 31.3 Å². The number of carbonyl (C=O) groups excluding carboxylic acids is 1. The fourth-order valence-corrected chi connectivity index (χ4v) is 2.84. The predicted octanol–water partition coefficient (Wildman–Crippen LogP) is 3.26. The number of benzene rings is 1. The van der Waals surface area contributed by atoms with Crippen LogP contribution in [0.25, 0.3) is 0 Å². The second kappa shape index (κ2) is 6.22. The molecule has 0 saturated carbocycles. The number of amides is 1. The van der Waals surface area contributed by atoms with Gasteiger partial charge in [-0.05, 0) is 25.0 Å². The molecule has 1 aromatic rings. The molecule has 1 aliphatic heterocycles. The van der Waals surface area contributed by atoms with Crippen LogP contribution >= 0.6 is 11.6 Å². The van der Waals surface area contributed by atoms with E-state index in [1.807, 2.05) is 0 Å². The molecular weight excluding hydrogens is 282 g/mol. The molecule has 2 rings (SSSR count). The van der Waals surface area contributed by atoms with Gasteiger partial charge in [0.15, 0.2) is 0 Å². The van der Waals surface area contributed by atoms with Crippen molar-refractivity contribution in [3.05, 3.63) is 22.7 Å². The van der Waals surface area contributed by atoms with Crippen molar-refractivity contribution in [2.45, 2.75) is 18.9 Å². The summed E-state index contributed by atoms with van der Waals surface area (Å²) in [4.78, 5) is 13.5. The Kier molecular flexibility index (Phi) is 4.60. The first kappa shape index (κ1) is 14.8. The van der Waals surface area contributed by atoms with Crippen molar-refractivity contribution in [2.75, 3.05) is 27.9 Å². The number of hydrogen-bond donors (Lipinski definition) is 0. The van der Waals surface area contributed by atoms with Crippen LogP contribution in [0.4, 0.5) is 4.79 Å². The van der Waals surface area contributed by atoms with Crippen LogP contribution in [0.1, 0.15) is 24.4 Å². The summed E-state index contributed by atoms with van der Waals surface area (Å²) >= 11 is 6.05. The lowest BCUT2D eigenvalue weighted by Gasteiger charge is -2.26. The maximum Gasteiger partial charge on any atom is 0.410 e. The molecule has 20 heavy (non-hydrogen) atoms. The SMILES string of the molecule is COC(=O)N1CCCC1c1c(OC)cc(Cl)cc1OC. The minimum atomic E-state index is -0.341. The predicted molar refractivity (Wildman–Crippen MR) is 75.6 cm³/mol. The van der Waals surface area contributed by atoms with E-state index >= 15 is 0 Å². The number of hydrogen-bond acceptors (Lipinski definition) is 4. The number of ether oxygens (including phenoxy) is 3. The molecule has 110 valence electrons. The Balaban J connectivity index is 2.47. The number of likely N-dealkylation sites (tertiary alicyclic amines) is 1. The quantitative estimate of drug-likeness (QED) is 0.859. The molecule has 1 atom stereocenters. The lowest BCUT2D eigenvalue weighted by molar-refractivity contribution is 0.118. The van der Waals surface area contributed by atoms with Crippen LogP contribution in [-0.4, -0.2) is 38.9 Å². The average molecular weight is 300 g/mol. The lowest BCUT2D eigenvalue weighted by atomic mass is 10.0. The van der Waals surface area contributed by atoms with Crippen molar-refractivity contribution in [2.24, 2.45) is 0 Å². The van der Waals surface area contributed by atoms with Crippen molar-refractivity contribution < 1.29 is 19.0 Å². The zero-order valence-corrected chi connectivity index (χ0v) is 12.6. The first-order chi connectivity index (χ1) is 9.62. The van der Waals surface area contributed by atoms with E-state index < -0.39 is 0 Å². The zero-order valence-electron chi connectivity index (χ0n) is 11.8. The van der Waals surface area contributed by atoms with Crippen molar-refractivity contribution in [3.8, 4) is 11.5 Å². The first-order valence-corrected chi connectivity index (χ1v) is 6.76. The molecule has 0 radical (unpaired) electrons. The van der Waals surface area contributed by atoms with Crippen molar-refractivity contribution >= 4 is 17.7 Å². The molecule has 1 unspecified atom stereocenters. The Hall–Kier alpha value is -1.62. The van der Waals surface area contributed by atoms with E-state index in [0.29, 0.717) is 23.1 Å². The maximum atomic E-state index is 11.9.